The number of para-hydroxylation sites is 1. The third-order valence-electron chi connectivity index (χ3n) is 9.76. The van der Waals surface area contributed by atoms with Gasteiger partial charge in [-0.3, -0.25) is 4.98 Å². The molecule has 0 radical (unpaired) electrons. The van der Waals surface area contributed by atoms with Crippen molar-refractivity contribution in [1.29, 1.82) is 0 Å². The van der Waals surface area contributed by atoms with Crippen molar-refractivity contribution in [3.63, 3.8) is 0 Å². The molecule has 0 saturated carbocycles. The zero-order chi connectivity index (χ0) is 27.1. The molecule has 0 N–H and O–H groups in total. The van der Waals surface area contributed by atoms with Crippen LogP contribution in [0.1, 0.15) is 30.1 Å². The maximum atomic E-state index is 6.80. The van der Waals surface area contributed by atoms with E-state index < -0.39 is 0 Å². The monoisotopic (exact) mass is 525 g/mol. The molecule has 3 heteroatoms. The molecule has 8 rings (SSSR count). The second kappa shape index (κ2) is 10.3. The number of fused-ring (bicyclic) bond motifs is 6. The number of nitrogens with zero attached hydrogens (tertiary/aromatic N) is 2. The first kappa shape index (κ1) is 25.2. The molecule has 5 aromatic rings. The number of benzene rings is 4. The van der Waals surface area contributed by atoms with Gasteiger partial charge in [-0.15, -0.1) is 13.2 Å². The van der Waals surface area contributed by atoms with Crippen LogP contribution in [0.3, 0.4) is 0 Å². The molecule has 200 valence electrons. The van der Waals surface area contributed by atoms with Gasteiger partial charge in [0, 0.05) is 35.9 Å². The Hall–Kier alpha value is -3.79. The number of rotatable bonds is 8. The molecule has 40 heavy (non-hydrogen) atoms. The highest BCUT2D eigenvalue weighted by Crippen LogP contribution is 2.50. The van der Waals surface area contributed by atoms with Crippen LogP contribution in [0.5, 0.6) is 0 Å². The van der Waals surface area contributed by atoms with Crippen molar-refractivity contribution in [2.45, 2.75) is 31.5 Å². The minimum atomic E-state index is -0.0410. The van der Waals surface area contributed by atoms with Crippen molar-refractivity contribution in [2.24, 2.45) is 11.8 Å². The standard InChI is InChI=1S/C37H37N2O/c1-3-21-40-37(33-17-19-38-35-16-10-9-15-32(33)35)36-23-27-18-20-39(36,24-26(27)4-2)25-34-30-13-7-5-11-28(30)22-29-12-6-8-14-31(29)34/h3-17,19,22,26-27,36-37H,1-2,18,20-21,23-25H2/q+1/t26?,27?,36?,37-,39?/m1/s1. The van der Waals surface area contributed by atoms with Gasteiger partial charge in [0.1, 0.15) is 18.7 Å². The molecule has 0 amide bonds. The van der Waals surface area contributed by atoms with E-state index in [1.165, 1.54) is 44.5 Å². The molecular weight excluding hydrogens is 488 g/mol. The second-order valence-corrected chi connectivity index (χ2v) is 11.8. The Kier molecular flexibility index (Phi) is 6.50. The third-order valence-corrected chi connectivity index (χ3v) is 9.76. The van der Waals surface area contributed by atoms with E-state index in [9.17, 15) is 0 Å². The molecule has 3 aliphatic heterocycles. The summed E-state index contributed by atoms with van der Waals surface area (Å²) in [6.07, 6.45) is 8.41. The SMILES string of the molecule is C=CCO[C@H](c1ccnc2ccccc12)C1CC2CC[N+]1(Cc1c3ccccc3cc3ccccc13)CC2C=C. The fourth-order valence-electron chi connectivity index (χ4n) is 7.90. The van der Waals surface area contributed by atoms with Gasteiger partial charge in [-0.05, 0) is 51.2 Å². The van der Waals surface area contributed by atoms with E-state index in [1.54, 1.807) is 0 Å². The highest BCUT2D eigenvalue weighted by molar-refractivity contribution is 6.02. The molecule has 3 aliphatic rings. The maximum Gasteiger partial charge on any atom is 0.135 e. The molecule has 3 saturated heterocycles. The van der Waals surface area contributed by atoms with E-state index in [1.807, 2.05) is 12.3 Å². The summed E-state index contributed by atoms with van der Waals surface area (Å²) >= 11 is 0. The average Bonchev–Trinajstić information content (AvgIpc) is 3.01. The van der Waals surface area contributed by atoms with Gasteiger partial charge in [-0.25, -0.2) is 0 Å². The lowest BCUT2D eigenvalue weighted by molar-refractivity contribution is -0.984. The van der Waals surface area contributed by atoms with Crippen LogP contribution in [-0.2, 0) is 11.3 Å². The van der Waals surface area contributed by atoms with Gasteiger partial charge in [-0.1, -0.05) is 78.9 Å². The summed E-state index contributed by atoms with van der Waals surface area (Å²) in [6.45, 7) is 12.1. The Balaban J connectivity index is 1.41. The molecule has 1 aromatic heterocycles. The Morgan fingerprint density at radius 1 is 0.900 bits per heavy atom. The minimum absolute atomic E-state index is 0.0410. The first-order valence-corrected chi connectivity index (χ1v) is 14.6. The van der Waals surface area contributed by atoms with Gasteiger partial charge in [-0.2, -0.15) is 0 Å². The molecule has 4 unspecified atom stereocenters. The van der Waals surface area contributed by atoms with Gasteiger partial charge < -0.3 is 9.22 Å². The normalized spacial score (nSPS) is 24.9. The van der Waals surface area contributed by atoms with Crippen molar-refractivity contribution in [1.82, 2.24) is 4.98 Å². The highest BCUT2D eigenvalue weighted by Gasteiger charge is 2.54. The van der Waals surface area contributed by atoms with E-state index in [-0.39, 0.29) is 6.10 Å². The number of aromatic nitrogens is 1. The number of piperidine rings is 3. The second-order valence-electron chi connectivity index (χ2n) is 11.8. The largest absolute Gasteiger partial charge is 0.363 e. The van der Waals surface area contributed by atoms with Crippen molar-refractivity contribution < 1.29 is 9.22 Å². The lowest BCUT2D eigenvalue weighted by atomic mass is 9.70. The van der Waals surface area contributed by atoms with Gasteiger partial charge in [0.25, 0.3) is 0 Å². The minimum Gasteiger partial charge on any atom is -0.363 e. The van der Waals surface area contributed by atoms with E-state index in [0.29, 0.717) is 24.5 Å². The molecule has 4 aromatic carbocycles. The van der Waals surface area contributed by atoms with E-state index in [0.717, 1.165) is 36.1 Å². The number of hydrogen-bond donors (Lipinski definition) is 0. The highest BCUT2D eigenvalue weighted by atomic mass is 16.5. The van der Waals surface area contributed by atoms with Crippen molar-refractivity contribution in [3.8, 4) is 0 Å². The Morgan fingerprint density at radius 2 is 1.60 bits per heavy atom. The maximum absolute atomic E-state index is 6.80. The summed E-state index contributed by atoms with van der Waals surface area (Å²) in [5.41, 5.74) is 3.74. The molecule has 3 fully saturated rings. The van der Waals surface area contributed by atoms with Crippen LogP contribution in [0.25, 0.3) is 32.4 Å². The Bertz CT molecular complexity index is 1670. The lowest BCUT2D eigenvalue weighted by Gasteiger charge is -2.58. The van der Waals surface area contributed by atoms with Gasteiger partial charge in [0.2, 0.25) is 0 Å². The molecule has 5 atom stereocenters. The summed E-state index contributed by atoms with van der Waals surface area (Å²) in [6, 6.07) is 31.2. The number of hydrogen-bond acceptors (Lipinski definition) is 2. The summed E-state index contributed by atoms with van der Waals surface area (Å²) in [7, 11) is 0. The van der Waals surface area contributed by atoms with Crippen LogP contribution in [-0.4, -0.2) is 35.2 Å². The van der Waals surface area contributed by atoms with E-state index in [2.05, 4.69) is 109 Å². The molecule has 0 aliphatic carbocycles. The molecule has 4 heterocycles. The fraction of sp³-hybridized carbons (Fsp3) is 0.270. The lowest BCUT2D eigenvalue weighted by Crippen LogP contribution is -2.67. The first-order valence-electron chi connectivity index (χ1n) is 14.6. The molecule has 0 spiro atoms. The quantitative estimate of drug-likeness (QED) is 0.115. The zero-order valence-corrected chi connectivity index (χ0v) is 23.1. The topological polar surface area (TPSA) is 22.1 Å². The third kappa shape index (κ3) is 4.16. The van der Waals surface area contributed by atoms with Crippen LogP contribution in [0.4, 0.5) is 0 Å². The van der Waals surface area contributed by atoms with Crippen molar-refractivity contribution >= 4 is 32.4 Å². The van der Waals surface area contributed by atoms with Crippen LogP contribution < -0.4 is 0 Å². The van der Waals surface area contributed by atoms with Crippen LogP contribution in [0.15, 0.2) is 116 Å². The van der Waals surface area contributed by atoms with Crippen LogP contribution in [0.2, 0.25) is 0 Å². The van der Waals surface area contributed by atoms with Crippen molar-refractivity contribution in [3.05, 3.63) is 128 Å². The van der Waals surface area contributed by atoms with Gasteiger partial charge >= 0.3 is 0 Å². The smallest absolute Gasteiger partial charge is 0.135 e. The number of ether oxygens (including phenoxy) is 1. The van der Waals surface area contributed by atoms with Crippen molar-refractivity contribution in [2.75, 3.05) is 19.7 Å². The number of quaternary nitrogens is 1. The predicted molar refractivity (Wildman–Crippen MR) is 166 cm³/mol. The van der Waals surface area contributed by atoms with E-state index >= 15 is 0 Å². The van der Waals surface area contributed by atoms with Gasteiger partial charge in [0.15, 0.2) is 0 Å². The first-order chi connectivity index (χ1) is 19.7. The van der Waals surface area contributed by atoms with Gasteiger partial charge in [0.05, 0.1) is 25.2 Å². The van der Waals surface area contributed by atoms with Crippen LogP contribution >= 0.6 is 0 Å². The summed E-state index contributed by atoms with van der Waals surface area (Å²) in [5.74, 6) is 1.18. The predicted octanol–water partition coefficient (Wildman–Crippen LogP) is 8.40. The summed E-state index contributed by atoms with van der Waals surface area (Å²) in [4.78, 5) is 4.68. The summed E-state index contributed by atoms with van der Waals surface area (Å²) in [5, 5.41) is 6.56. The molecule has 2 bridgehead atoms. The number of pyridine rings is 1. The fourth-order valence-corrected chi connectivity index (χ4v) is 7.90. The van der Waals surface area contributed by atoms with Crippen LogP contribution in [0, 0.1) is 11.8 Å². The molecule has 3 nitrogen and oxygen atoms in total. The average molecular weight is 526 g/mol. The summed E-state index contributed by atoms with van der Waals surface area (Å²) < 4.78 is 7.81. The molecular formula is C37H37N2O+. The Morgan fingerprint density at radius 3 is 2.33 bits per heavy atom. The Labute approximate surface area is 237 Å². The zero-order valence-electron chi connectivity index (χ0n) is 23.1. The van der Waals surface area contributed by atoms with E-state index in [4.69, 9.17) is 4.74 Å².